The van der Waals surface area contributed by atoms with Crippen LogP contribution in [0.1, 0.15) is 26.3 Å². The van der Waals surface area contributed by atoms with Gasteiger partial charge in [-0.2, -0.15) is 0 Å². The van der Waals surface area contributed by atoms with Gasteiger partial charge in [-0.05, 0) is 19.1 Å². The number of nitro groups is 1. The average molecular weight is 285 g/mol. The summed E-state index contributed by atoms with van der Waals surface area (Å²) in [5.74, 6) is -1.32. The van der Waals surface area contributed by atoms with Crippen molar-refractivity contribution in [2.45, 2.75) is 6.92 Å². The molecule has 21 heavy (non-hydrogen) atoms. The lowest BCUT2D eigenvalue weighted by molar-refractivity contribution is -0.385. The number of benzene rings is 1. The maximum atomic E-state index is 11.9. The number of aromatic nitrogens is 1. The molecule has 1 aromatic carbocycles. The predicted molar refractivity (Wildman–Crippen MR) is 73.9 cm³/mol. The highest BCUT2D eigenvalue weighted by atomic mass is 16.6. The van der Waals surface area contributed by atoms with Gasteiger partial charge in [-0.1, -0.05) is 17.7 Å². The van der Waals surface area contributed by atoms with Crippen LogP contribution in [0.3, 0.4) is 0 Å². The minimum Gasteiger partial charge on any atom is -0.288 e. The Morgan fingerprint density at radius 1 is 1.10 bits per heavy atom. The van der Waals surface area contributed by atoms with Crippen LogP contribution in [-0.4, -0.2) is 21.7 Å². The highest BCUT2D eigenvalue weighted by Gasteiger charge is 2.15. The lowest BCUT2D eigenvalue weighted by atomic mass is 10.1. The lowest BCUT2D eigenvalue weighted by Crippen LogP contribution is -2.30. The molecule has 2 amide bonds. The third kappa shape index (κ3) is 3.47. The highest BCUT2D eigenvalue weighted by molar-refractivity contribution is 6.10. The Bertz CT molecular complexity index is 710. The van der Waals surface area contributed by atoms with Gasteiger partial charge in [-0.25, -0.2) is 0 Å². The van der Waals surface area contributed by atoms with E-state index in [1.807, 2.05) is 6.92 Å². The molecule has 7 heteroatoms. The molecule has 0 unspecified atom stereocenters. The number of carbonyl (C=O) groups excluding carboxylic acids is 2. The van der Waals surface area contributed by atoms with E-state index in [0.717, 1.165) is 24.0 Å². The Balaban J connectivity index is 2.14. The second-order valence-corrected chi connectivity index (χ2v) is 4.34. The third-order valence-corrected chi connectivity index (χ3v) is 2.74. The quantitative estimate of drug-likeness (QED) is 0.527. The maximum Gasteiger partial charge on any atom is 0.288 e. The van der Waals surface area contributed by atoms with Gasteiger partial charge >= 0.3 is 0 Å². The van der Waals surface area contributed by atoms with E-state index in [2.05, 4.69) is 10.3 Å². The number of carbonyl (C=O) groups is 2. The van der Waals surface area contributed by atoms with Gasteiger partial charge in [0.15, 0.2) is 0 Å². The Morgan fingerprint density at radius 3 is 2.33 bits per heavy atom. The van der Waals surface area contributed by atoms with E-state index < -0.39 is 16.7 Å². The molecule has 0 atom stereocenters. The summed E-state index contributed by atoms with van der Waals surface area (Å²) in [6.45, 7) is 1.88. The molecule has 0 aliphatic heterocycles. The number of hydrogen-bond acceptors (Lipinski definition) is 5. The largest absolute Gasteiger partial charge is 0.288 e. The van der Waals surface area contributed by atoms with Crippen molar-refractivity contribution in [2.75, 3.05) is 0 Å². The summed E-state index contributed by atoms with van der Waals surface area (Å²) in [7, 11) is 0. The smallest absolute Gasteiger partial charge is 0.288 e. The van der Waals surface area contributed by atoms with Crippen LogP contribution < -0.4 is 5.32 Å². The van der Waals surface area contributed by atoms with Crippen molar-refractivity contribution in [2.24, 2.45) is 0 Å². The second-order valence-electron chi connectivity index (χ2n) is 4.34. The van der Waals surface area contributed by atoms with Crippen molar-refractivity contribution in [3.05, 3.63) is 69.5 Å². The molecule has 0 saturated carbocycles. The van der Waals surface area contributed by atoms with Crippen LogP contribution in [0.15, 0.2) is 42.7 Å². The minimum absolute atomic E-state index is 0.0512. The predicted octanol–water partition coefficient (Wildman–Crippen LogP) is 1.87. The molecule has 0 saturated heterocycles. The van der Waals surface area contributed by atoms with Crippen molar-refractivity contribution >= 4 is 17.5 Å². The van der Waals surface area contributed by atoms with Gasteiger partial charge in [-0.15, -0.1) is 0 Å². The number of pyridine rings is 1. The fourth-order valence-electron chi connectivity index (χ4n) is 1.60. The lowest BCUT2D eigenvalue weighted by Gasteiger charge is -2.04. The first-order valence-electron chi connectivity index (χ1n) is 5.99. The summed E-state index contributed by atoms with van der Waals surface area (Å²) in [4.78, 5) is 37.3. The normalized spacial score (nSPS) is 9.95. The van der Waals surface area contributed by atoms with Crippen molar-refractivity contribution in [3.8, 4) is 0 Å². The average Bonchev–Trinajstić information content (AvgIpc) is 2.48. The zero-order chi connectivity index (χ0) is 15.4. The molecule has 7 nitrogen and oxygen atoms in total. The van der Waals surface area contributed by atoms with Gasteiger partial charge in [0.2, 0.25) is 0 Å². The molecule has 1 N–H and O–H groups in total. The number of nitrogens with one attached hydrogen (secondary N) is 1. The molecule has 2 rings (SSSR count). The van der Waals surface area contributed by atoms with E-state index in [4.69, 9.17) is 0 Å². The van der Waals surface area contributed by atoms with Crippen LogP contribution in [0.5, 0.6) is 0 Å². The molecule has 1 heterocycles. The molecule has 0 fully saturated rings. The first-order valence-corrected chi connectivity index (χ1v) is 5.99. The molecule has 106 valence electrons. The topological polar surface area (TPSA) is 102 Å². The van der Waals surface area contributed by atoms with Crippen molar-refractivity contribution in [1.82, 2.24) is 10.3 Å². The number of nitrogens with zero attached hydrogens (tertiary/aromatic N) is 2. The highest BCUT2D eigenvalue weighted by Crippen LogP contribution is 2.11. The van der Waals surface area contributed by atoms with E-state index in [9.17, 15) is 19.7 Å². The van der Waals surface area contributed by atoms with Crippen LogP contribution in [0.25, 0.3) is 0 Å². The SMILES string of the molecule is Cc1ccc(C(=O)NC(=O)c2cncc([N+](=O)[O-])c2)cc1. The van der Waals surface area contributed by atoms with Gasteiger partial charge in [0, 0.05) is 17.8 Å². The number of hydrogen-bond donors (Lipinski definition) is 1. The van der Waals surface area contributed by atoms with Crippen molar-refractivity contribution in [3.63, 3.8) is 0 Å². The third-order valence-electron chi connectivity index (χ3n) is 2.74. The monoisotopic (exact) mass is 285 g/mol. The summed E-state index contributed by atoms with van der Waals surface area (Å²) in [5.41, 5.74) is 0.947. The van der Waals surface area contributed by atoms with Gasteiger partial charge in [0.25, 0.3) is 17.5 Å². The summed E-state index contributed by atoms with van der Waals surface area (Å²) in [6.07, 6.45) is 2.18. The molecular formula is C14H11N3O4. The first-order chi connectivity index (χ1) is 9.97. The summed E-state index contributed by atoms with van der Waals surface area (Å²) >= 11 is 0. The van der Waals surface area contributed by atoms with Gasteiger partial charge in [0.1, 0.15) is 6.20 Å². The molecule has 1 aromatic heterocycles. The molecule has 0 aliphatic carbocycles. The summed E-state index contributed by atoms with van der Waals surface area (Å²) in [5, 5.41) is 12.8. The molecule has 0 spiro atoms. The van der Waals surface area contributed by atoms with Crippen LogP contribution in [-0.2, 0) is 0 Å². The van der Waals surface area contributed by atoms with Crippen LogP contribution in [0, 0.1) is 17.0 Å². The zero-order valence-corrected chi connectivity index (χ0v) is 11.1. The number of aryl methyl sites for hydroxylation is 1. The Hall–Kier alpha value is -3.09. The van der Waals surface area contributed by atoms with Crippen LogP contribution >= 0.6 is 0 Å². The van der Waals surface area contributed by atoms with Gasteiger partial charge < -0.3 is 0 Å². The first kappa shape index (κ1) is 14.3. The Labute approximate surface area is 119 Å². The molecule has 0 aliphatic rings. The van der Waals surface area contributed by atoms with E-state index in [1.165, 1.54) is 0 Å². The van der Waals surface area contributed by atoms with E-state index in [-0.39, 0.29) is 11.3 Å². The van der Waals surface area contributed by atoms with Crippen LogP contribution in [0.4, 0.5) is 5.69 Å². The fourth-order valence-corrected chi connectivity index (χ4v) is 1.60. The Morgan fingerprint density at radius 2 is 1.71 bits per heavy atom. The Kier molecular flexibility index (Phi) is 4.03. The fraction of sp³-hybridized carbons (Fsp3) is 0.0714. The summed E-state index contributed by atoms with van der Waals surface area (Å²) in [6, 6.07) is 7.72. The summed E-state index contributed by atoms with van der Waals surface area (Å²) < 4.78 is 0. The van der Waals surface area contributed by atoms with Crippen molar-refractivity contribution < 1.29 is 14.5 Å². The number of amides is 2. The molecule has 0 bridgehead atoms. The van der Waals surface area contributed by atoms with Crippen molar-refractivity contribution in [1.29, 1.82) is 0 Å². The van der Waals surface area contributed by atoms with Crippen LogP contribution in [0.2, 0.25) is 0 Å². The number of imide groups is 1. The molecule has 0 radical (unpaired) electrons. The van der Waals surface area contributed by atoms with E-state index in [1.54, 1.807) is 24.3 Å². The maximum absolute atomic E-state index is 11.9. The minimum atomic E-state index is -0.739. The molecule has 2 aromatic rings. The standard InChI is InChI=1S/C14H11N3O4/c1-9-2-4-10(5-3-9)13(18)16-14(19)11-6-12(17(20)21)8-15-7-11/h2-8H,1H3,(H,16,18,19). The van der Waals surface area contributed by atoms with Gasteiger partial charge in [-0.3, -0.25) is 30.0 Å². The second kappa shape index (κ2) is 5.91. The van der Waals surface area contributed by atoms with E-state index in [0.29, 0.717) is 5.56 Å². The zero-order valence-electron chi connectivity index (χ0n) is 11.1. The van der Waals surface area contributed by atoms with Gasteiger partial charge in [0.05, 0.1) is 10.5 Å². The number of rotatable bonds is 3. The molecular weight excluding hydrogens is 274 g/mol. The van der Waals surface area contributed by atoms with E-state index >= 15 is 0 Å².